The number of nitrogens with one attached hydrogen (secondary N) is 1. The van der Waals surface area contributed by atoms with Crippen LogP contribution in [0.4, 0.5) is 0 Å². The Balaban J connectivity index is 2.36. The largest absolute Gasteiger partial charge is 0.370 e. The van der Waals surface area contributed by atoms with Gasteiger partial charge < -0.3 is 11.1 Å². The lowest BCUT2D eigenvalue weighted by Crippen LogP contribution is -2.34. The SMILES string of the molecule is CC(C)C(CN=C(N)NC1CC1)C(C)C. The topological polar surface area (TPSA) is 50.4 Å². The maximum atomic E-state index is 5.80. The highest BCUT2D eigenvalue weighted by Gasteiger charge is 2.22. The molecule has 1 aliphatic rings. The fourth-order valence-electron chi connectivity index (χ4n) is 1.88. The number of hydrogen-bond donors (Lipinski definition) is 2. The zero-order valence-electron chi connectivity index (χ0n) is 10.5. The Morgan fingerprint density at radius 2 is 1.80 bits per heavy atom. The molecule has 0 aromatic carbocycles. The molecule has 3 N–H and O–H groups in total. The zero-order chi connectivity index (χ0) is 11.4. The first-order valence-corrected chi connectivity index (χ1v) is 6.07. The lowest BCUT2D eigenvalue weighted by molar-refractivity contribution is 0.297. The van der Waals surface area contributed by atoms with Crippen molar-refractivity contribution in [2.24, 2.45) is 28.5 Å². The van der Waals surface area contributed by atoms with Crippen LogP contribution >= 0.6 is 0 Å². The van der Waals surface area contributed by atoms with Gasteiger partial charge in [-0.2, -0.15) is 0 Å². The van der Waals surface area contributed by atoms with Gasteiger partial charge in [-0.3, -0.25) is 4.99 Å². The van der Waals surface area contributed by atoms with Crippen LogP contribution in [0.25, 0.3) is 0 Å². The summed E-state index contributed by atoms with van der Waals surface area (Å²) in [6.45, 7) is 9.87. The van der Waals surface area contributed by atoms with E-state index in [-0.39, 0.29) is 0 Å². The van der Waals surface area contributed by atoms with Crippen molar-refractivity contribution in [1.82, 2.24) is 5.32 Å². The van der Waals surface area contributed by atoms with Gasteiger partial charge in [-0.1, -0.05) is 27.7 Å². The van der Waals surface area contributed by atoms with E-state index in [2.05, 4.69) is 38.0 Å². The fraction of sp³-hybridized carbons (Fsp3) is 0.917. The third kappa shape index (κ3) is 4.54. The van der Waals surface area contributed by atoms with Crippen LogP contribution in [-0.4, -0.2) is 18.5 Å². The molecule has 88 valence electrons. The van der Waals surface area contributed by atoms with E-state index >= 15 is 0 Å². The highest BCUT2D eigenvalue weighted by molar-refractivity contribution is 5.78. The van der Waals surface area contributed by atoms with Crippen molar-refractivity contribution in [3.63, 3.8) is 0 Å². The summed E-state index contributed by atoms with van der Waals surface area (Å²) >= 11 is 0. The summed E-state index contributed by atoms with van der Waals surface area (Å²) in [7, 11) is 0. The molecule has 0 amide bonds. The molecule has 0 unspecified atom stereocenters. The van der Waals surface area contributed by atoms with Gasteiger partial charge >= 0.3 is 0 Å². The van der Waals surface area contributed by atoms with Gasteiger partial charge in [0.25, 0.3) is 0 Å². The van der Waals surface area contributed by atoms with E-state index in [0.717, 1.165) is 6.54 Å². The maximum Gasteiger partial charge on any atom is 0.188 e. The molecule has 0 spiro atoms. The average Bonchev–Trinajstić information content (AvgIpc) is 2.86. The van der Waals surface area contributed by atoms with Crippen LogP contribution in [0.5, 0.6) is 0 Å². The van der Waals surface area contributed by atoms with Gasteiger partial charge in [0.05, 0.1) is 0 Å². The Kier molecular flexibility index (Phi) is 4.43. The Morgan fingerprint density at radius 1 is 1.27 bits per heavy atom. The molecule has 1 rings (SSSR count). The summed E-state index contributed by atoms with van der Waals surface area (Å²) in [5.41, 5.74) is 5.80. The molecular weight excluding hydrogens is 186 g/mol. The second-order valence-corrected chi connectivity index (χ2v) is 5.30. The summed E-state index contributed by atoms with van der Waals surface area (Å²) < 4.78 is 0. The van der Waals surface area contributed by atoms with Crippen LogP contribution in [0.1, 0.15) is 40.5 Å². The minimum atomic E-state index is 0.602. The molecular formula is C12H25N3. The Hall–Kier alpha value is -0.730. The van der Waals surface area contributed by atoms with Crippen molar-refractivity contribution in [3.05, 3.63) is 0 Å². The first-order chi connectivity index (χ1) is 7.00. The van der Waals surface area contributed by atoms with Gasteiger partial charge in [0.1, 0.15) is 0 Å². The van der Waals surface area contributed by atoms with E-state index in [1.165, 1.54) is 12.8 Å². The van der Waals surface area contributed by atoms with Crippen molar-refractivity contribution >= 4 is 5.96 Å². The molecule has 0 heterocycles. The Bertz CT molecular complexity index is 209. The van der Waals surface area contributed by atoms with E-state index in [0.29, 0.717) is 29.8 Å². The molecule has 3 nitrogen and oxygen atoms in total. The molecule has 15 heavy (non-hydrogen) atoms. The number of hydrogen-bond acceptors (Lipinski definition) is 1. The van der Waals surface area contributed by atoms with Crippen LogP contribution in [0.15, 0.2) is 4.99 Å². The summed E-state index contributed by atoms with van der Waals surface area (Å²) in [5, 5.41) is 3.21. The summed E-state index contributed by atoms with van der Waals surface area (Å²) in [6, 6.07) is 0.602. The fourth-order valence-corrected chi connectivity index (χ4v) is 1.88. The van der Waals surface area contributed by atoms with E-state index in [9.17, 15) is 0 Å². The molecule has 0 aromatic rings. The molecule has 1 aliphatic carbocycles. The second kappa shape index (κ2) is 5.38. The predicted octanol–water partition coefficient (Wildman–Crippen LogP) is 1.98. The quantitative estimate of drug-likeness (QED) is 0.539. The van der Waals surface area contributed by atoms with Gasteiger partial charge in [-0.25, -0.2) is 0 Å². The molecule has 0 aliphatic heterocycles. The molecule has 0 bridgehead atoms. The van der Waals surface area contributed by atoms with Gasteiger partial charge in [0.15, 0.2) is 5.96 Å². The van der Waals surface area contributed by atoms with Crippen LogP contribution in [-0.2, 0) is 0 Å². The van der Waals surface area contributed by atoms with E-state index in [1.807, 2.05) is 0 Å². The minimum absolute atomic E-state index is 0.602. The molecule has 0 saturated heterocycles. The smallest absolute Gasteiger partial charge is 0.188 e. The summed E-state index contributed by atoms with van der Waals surface area (Å²) in [5.74, 6) is 2.60. The maximum absolute atomic E-state index is 5.80. The summed E-state index contributed by atoms with van der Waals surface area (Å²) in [4.78, 5) is 4.43. The number of rotatable bonds is 5. The third-order valence-electron chi connectivity index (χ3n) is 3.11. The predicted molar refractivity (Wildman–Crippen MR) is 65.8 cm³/mol. The Labute approximate surface area is 93.5 Å². The second-order valence-electron chi connectivity index (χ2n) is 5.30. The highest BCUT2D eigenvalue weighted by Crippen LogP contribution is 2.21. The molecule has 0 aromatic heterocycles. The van der Waals surface area contributed by atoms with Crippen molar-refractivity contribution in [1.29, 1.82) is 0 Å². The van der Waals surface area contributed by atoms with Crippen molar-refractivity contribution in [2.75, 3.05) is 6.54 Å². The van der Waals surface area contributed by atoms with Crippen molar-refractivity contribution in [2.45, 2.75) is 46.6 Å². The molecule has 3 heteroatoms. The van der Waals surface area contributed by atoms with Gasteiger partial charge in [0.2, 0.25) is 0 Å². The first-order valence-electron chi connectivity index (χ1n) is 6.07. The number of nitrogens with zero attached hydrogens (tertiary/aromatic N) is 1. The molecule has 0 radical (unpaired) electrons. The standard InChI is InChI=1S/C12H25N3/c1-8(2)11(9(3)4)7-14-12(13)15-10-5-6-10/h8-11H,5-7H2,1-4H3,(H3,13,14,15). The van der Waals surface area contributed by atoms with Gasteiger partial charge in [0, 0.05) is 12.6 Å². The van der Waals surface area contributed by atoms with Crippen LogP contribution in [0.3, 0.4) is 0 Å². The highest BCUT2D eigenvalue weighted by atomic mass is 15.1. The van der Waals surface area contributed by atoms with Crippen molar-refractivity contribution < 1.29 is 0 Å². The van der Waals surface area contributed by atoms with Crippen LogP contribution in [0, 0.1) is 17.8 Å². The first kappa shape index (κ1) is 12.3. The average molecular weight is 211 g/mol. The number of aliphatic imine (C=N–C) groups is 1. The Morgan fingerprint density at radius 3 is 2.20 bits per heavy atom. The molecule has 1 saturated carbocycles. The lowest BCUT2D eigenvalue weighted by Gasteiger charge is -2.22. The molecule has 1 fully saturated rings. The normalized spacial score (nSPS) is 17.9. The van der Waals surface area contributed by atoms with Crippen molar-refractivity contribution in [3.8, 4) is 0 Å². The van der Waals surface area contributed by atoms with Crippen LogP contribution in [0.2, 0.25) is 0 Å². The number of nitrogens with two attached hydrogens (primary N) is 1. The van der Waals surface area contributed by atoms with Gasteiger partial charge in [-0.05, 0) is 30.6 Å². The van der Waals surface area contributed by atoms with E-state index < -0.39 is 0 Å². The van der Waals surface area contributed by atoms with Gasteiger partial charge in [-0.15, -0.1) is 0 Å². The third-order valence-corrected chi connectivity index (χ3v) is 3.11. The van der Waals surface area contributed by atoms with E-state index in [1.54, 1.807) is 0 Å². The lowest BCUT2D eigenvalue weighted by atomic mass is 9.86. The monoisotopic (exact) mass is 211 g/mol. The molecule has 0 atom stereocenters. The zero-order valence-corrected chi connectivity index (χ0v) is 10.5. The number of guanidine groups is 1. The van der Waals surface area contributed by atoms with E-state index in [4.69, 9.17) is 5.73 Å². The minimum Gasteiger partial charge on any atom is -0.370 e. The van der Waals surface area contributed by atoms with Crippen LogP contribution < -0.4 is 11.1 Å². The summed E-state index contributed by atoms with van der Waals surface area (Å²) in [6.07, 6.45) is 2.49.